The van der Waals surface area contributed by atoms with Crippen molar-refractivity contribution >= 4 is 11.4 Å². The van der Waals surface area contributed by atoms with Gasteiger partial charge < -0.3 is 14.8 Å². The van der Waals surface area contributed by atoms with E-state index in [1.54, 1.807) is 13.2 Å². The van der Waals surface area contributed by atoms with Gasteiger partial charge in [0.1, 0.15) is 18.1 Å². The van der Waals surface area contributed by atoms with Crippen molar-refractivity contribution < 1.29 is 14.4 Å². The molecule has 0 fully saturated rings. The normalized spacial score (nSPS) is 20.5. The van der Waals surface area contributed by atoms with E-state index in [0.717, 1.165) is 34.5 Å². The number of benzene rings is 3. The molecule has 5 rings (SSSR count). The van der Waals surface area contributed by atoms with Crippen molar-refractivity contribution in [1.29, 1.82) is 0 Å². The standard InChI is InChI=1S/C27H26N2O4/c1-17-6-8-18(9-7-17)16-33-21-12-10-19(11-13-21)26-23-5-3-4-22(23)24-14-20(29(30)31)15-25(32-2)27(24)28-26/h3-4,6-15,22-23,26,28H,5,16H2,1-2H3/t22?,23?,26-/m1/s1. The number of nitrogens with zero attached hydrogens (tertiary/aromatic N) is 1. The molecule has 0 bridgehead atoms. The van der Waals surface area contributed by atoms with Crippen LogP contribution in [0.1, 0.15) is 40.6 Å². The topological polar surface area (TPSA) is 73.6 Å². The van der Waals surface area contributed by atoms with Gasteiger partial charge in [0.05, 0.1) is 29.8 Å². The van der Waals surface area contributed by atoms with Gasteiger partial charge in [-0.15, -0.1) is 0 Å². The fraction of sp³-hybridized carbons (Fsp3) is 0.259. The van der Waals surface area contributed by atoms with Crippen LogP contribution in [0, 0.1) is 23.0 Å². The van der Waals surface area contributed by atoms with E-state index in [1.165, 1.54) is 11.6 Å². The quantitative estimate of drug-likeness (QED) is 0.275. The van der Waals surface area contributed by atoms with Gasteiger partial charge in [0.2, 0.25) is 0 Å². The van der Waals surface area contributed by atoms with Crippen LogP contribution in [0.3, 0.4) is 0 Å². The summed E-state index contributed by atoms with van der Waals surface area (Å²) < 4.78 is 11.5. The van der Waals surface area contributed by atoms with Crippen LogP contribution in [0.5, 0.6) is 11.5 Å². The van der Waals surface area contributed by atoms with Gasteiger partial charge in [-0.05, 0) is 48.1 Å². The first-order valence-corrected chi connectivity index (χ1v) is 11.1. The Morgan fingerprint density at radius 1 is 1.09 bits per heavy atom. The lowest BCUT2D eigenvalue weighted by Crippen LogP contribution is -2.29. The number of non-ortho nitro benzene ring substituents is 1. The van der Waals surface area contributed by atoms with E-state index in [2.05, 4.69) is 60.8 Å². The molecule has 168 valence electrons. The number of nitro groups is 1. The average Bonchev–Trinajstić information content (AvgIpc) is 3.33. The zero-order chi connectivity index (χ0) is 22.9. The Morgan fingerprint density at radius 3 is 2.55 bits per heavy atom. The Kier molecular flexibility index (Phi) is 5.50. The maximum Gasteiger partial charge on any atom is 0.273 e. The number of hydrogen-bond acceptors (Lipinski definition) is 5. The number of fused-ring (bicyclic) bond motifs is 3. The van der Waals surface area contributed by atoms with Crippen LogP contribution < -0.4 is 14.8 Å². The number of anilines is 1. The van der Waals surface area contributed by atoms with E-state index in [0.29, 0.717) is 12.4 Å². The highest BCUT2D eigenvalue weighted by Gasteiger charge is 2.40. The first kappa shape index (κ1) is 21.1. The minimum absolute atomic E-state index is 0.0555. The molecule has 0 aromatic heterocycles. The van der Waals surface area contributed by atoms with Gasteiger partial charge in [-0.2, -0.15) is 0 Å². The summed E-state index contributed by atoms with van der Waals surface area (Å²) in [5.74, 6) is 1.71. The van der Waals surface area contributed by atoms with E-state index >= 15 is 0 Å². The Bertz CT molecular complexity index is 1200. The van der Waals surface area contributed by atoms with Crippen molar-refractivity contribution in [3.63, 3.8) is 0 Å². The second-order valence-electron chi connectivity index (χ2n) is 8.69. The second-order valence-corrected chi connectivity index (χ2v) is 8.69. The zero-order valence-electron chi connectivity index (χ0n) is 18.7. The number of hydrogen-bond donors (Lipinski definition) is 1. The summed E-state index contributed by atoms with van der Waals surface area (Å²) in [6.45, 7) is 2.60. The first-order chi connectivity index (χ1) is 16.0. The van der Waals surface area contributed by atoms with E-state index in [9.17, 15) is 10.1 Å². The van der Waals surface area contributed by atoms with E-state index in [4.69, 9.17) is 9.47 Å². The molecule has 0 saturated heterocycles. The predicted molar refractivity (Wildman–Crippen MR) is 128 cm³/mol. The maximum atomic E-state index is 11.4. The molecule has 2 unspecified atom stereocenters. The number of nitro benzene ring substituents is 1. The van der Waals surface area contributed by atoms with Gasteiger partial charge >= 0.3 is 0 Å². The Hall–Kier alpha value is -3.80. The van der Waals surface area contributed by atoms with E-state index in [-0.39, 0.29) is 28.5 Å². The molecule has 1 aliphatic carbocycles. The largest absolute Gasteiger partial charge is 0.494 e. The van der Waals surface area contributed by atoms with Gasteiger partial charge in [0, 0.05) is 12.0 Å². The average molecular weight is 443 g/mol. The number of allylic oxidation sites excluding steroid dienone is 2. The van der Waals surface area contributed by atoms with Gasteiger partial charge in [-0.25, -0.2) is 0 Å². The third kappa shape index (κ3) is 4.04. The van der Waals surface area contributed by atoms with E-state index < -0.39 is 0 Å². The molecule has 6 heteroatoms. The Morgan fingerprint density at radius 2 is 1.85 bits per heavy atom. The van der Waals surface area contributed by atoms with Crippen LogP contribution in [-0.4, -0.2) is 12.0 Å². The minimum Gasteiger partial charge on any atom is -0.494 e. The van der Waals surface area contributed by atoms with Crippen LogP contribution in [0.15, 0.2) is 72.8 Å². The number of ether oxygens (including phenoxy) is 2. The molecule has 2 aliphatic rings. The summed E-state index contributed by atoms with van der Waals surface area (Å²) in [4.78, 5) is 11.1. The van der Waals surface area contributed by atoms with Crippen LogP contribution in [0.4, 0.5) is 11.4 Å². The number of rotatable bonds is 6. The summed E-state index contributed by atoms with van der Waals surface area (Å²) in [6, 6.07) is 19.8. The molecule has 1 heterocycles. The fourth-order valence-corrected chi connectivity index (χ4v) is 4.87. The lowest BCUT2D eigenvalue weighted by Gasteiger charge is -2.38. The third-order valence-corrected chi connectivity index (χ3v) is 6.61. The second kappa shape index (κ2) is 8.62. The number of nitrogens with one attached hydrogen (secondary N) is 1. The highest BCUT2D eigenvalue weighted by Crippen LogP contribution is 2.53. The van der Waals surface area contributed by atoms with Crippen molar-refractivity contribution in [2.24, 2.45) is 5.92 Å². The SMILES string of the molecule is COc1cc([N+](=O)[O-])cc2c1N[C@H](c1ccc(OCc3ccc(C)cc3)cc1)C1CC=CC21. The molecule has 1 aliphatic heterocycles. The molecule has 0 amide bonds. The van der Waals surface area contributed by atoms with Crippen molar-refractivity contribution in [2.75, 3.05) is 12.4 Å². The van der Waals surface area contributed by atoms with Crippen molar-refractivity contribution in [3.05, 3.63) is 105 Å². The predicted octanol–water partition coefficient (Wildman–Crippen LogP) is 6.32. The molecule has 3 aromatic rings. The molecule has 33 heavy (non-hydrogen) atoms. The van der Waals surface area contributed by atoms with Gasteiger partial charge in [-0.1, -0.05) is 54.1 Å². The number of methoxy groups -OCH3 is 1. The van der Waals surface area contributed by atoms with Crippen LogP contribution in [0.2, 0.25) is 0 Å². The zero-order valence-corrected chi connectivity index (χ0v) is 18.7. The highest BCUT2D eigenvalue weighted by atomic mass is 16.6. The monoisotopic (exact) mass is 442 g/mol. The molecule has 0 spiro atoms. The van der Waals surface area contributed by atoms with Gasteiger partial charge in [-0.3, -0.25) is 10.1 Å². The van der Waals surface area contributed by atoms with Crippen LogP contribution >= 0.6 is 0 Å². The van der Waals surface area contributed by atoms with Crippen LogP contribution in [0.25, 0.3) is 0 Å². The molecule has 1 N–H and O–H groups in total. The lowest BCUT2D eigenvalue weighted by molar-refractivity contribution is -0.385. The molecule has 0 saturated carbocycles. The lowest BCUT2D eigenvalue weighted by atomic mass is 9.76. The third-order valence-electron chi connectivity index (χ3n) is 6.61. The summed E-state index contributed by atoms with van der Waals surface area (Å²) >= 11 is 0. The molecule has 3 atom stereocenters. The van der Waals surface area contributed by atoms with E-state index in [1.807, 2.05) is 12.1 Å². The van der Waals surface area contributed by atoms with Crippen molar-refractivity contribution in [2.45, 2.75) is 31.9 Å². The number of aryl methyl sites for hydroxylation is 1. The van der Waals surface area contributed by atoms with Crippen molar-refractivity contribution in [1.82, 2.24) is 0 Å². The Balaban J connectivity index is 1.39. The van der Waals surface area contributed by atoms with Crippen LogP contribution in [-0.2, 0) is 6.61 Å². The molecular formula is C27H26N2O4. The highest BCUT2D eigenvalue weighted by molar-refractivity contribution is 5.71. The molecule has 0 radical (unpaired) electrons. The summed E-state index contributed by atoms with van der Waals surface area (Å²) in [5.41, 5.74) is 5.34. The Labute approximate surface area is 193 Å². The summed E-state index contributed by atoms with van der Waals surface area (Å²) in [7, 11) is 1.55. The summed E-state index contributed by atoms with van der Waals surface area (Å²) in [6.07, 6.45) is 5.25. The van der Waals surface area contributed by atoms with Crippen molar-refractivity contribution in [3.8, 4) is 11.5 Å². The molecule has 3 aromatic carbocycles. The maximum absolute atomic E-state index is 11.4. The first-order valence-electron chi connectivity index (χ1n) is 11.1. The van der Waals surface area contributed by atoms with Gasteiger partial charge in [0.15, 0.2) is 0 Å². The smallest absolute Gasteiger partial charge is 0.273 e. The fourth-order valence-electron chi connectivity index (χ4n) is 4.87. The summed E-state index contributed by atoms with van der Waals surface area (Å²) in [5, 5.41) is 15.0. The molecule has 6 nitrogen and oxygen atoms in total. The van der Waals surface area contributed by atoms with Gasteiger partial charge in [0.25, 0.3) is 5.69 Å². The minimum atomic E-state index is -0.363. The molecular weight excluding hydrogens is 416 g/mol.